The van der Waals surface area contributed by atoms with Crippen molar-refractivity contribution in [1.82, 2.24) is 25.4 Å². The van der Waals surface area contributed by atoms with E-state index in [4.69, 9.17) is 0 Å². The Morgan fingerprint density at radius 3 is 3.00 bits per heavy atom. The first-order valence-corrected chi connectivity index (χ1v) is 9.71. The van der Waals surface area contributed by atoms with Crippen molar-refractivity contribution in [3.63, 3.8) is 0 Å². The number of alkyl halides is 1. The molecule has 2 aliphatic rings. The molecule has 2 fully saturated rings. The van der Waals surface area contributed by atoms with E-state index in [1.54, 1.807) is 18.2 Å². The van der Waals surface area contributed by atoms with Gasteiger partial charge in [-0.1, -0.05) is 12.1 Å². The number of rotatable bonds is 6. The number of hydrogen-bond acceptors (Lipinski definition) is 4. The smallest absolute Gasteiger partial charge is 0.251 e. The van der Waals surface area contributed by atoms with Gasteiger partial charge in [-0.2, -0.15) is 5.10 Å². The summed E-state index contributed by atoms with van der Waals surface area (Å²) in [5, 5.41) is 9.64. The molecule has 8 heteroatoms. The lowest BCUT2D eigenvalue weighted by Gasteiger charge is -2.30. The summed E-state index contributed by atoms with van der Waals surface area (Å²) in [6, 6.07) is 6.93. The second kappa shape index (κ2) is 7.69. The number of nitrogens with one attached hydrogen (secondary N) is 2. The van der Waals surface area contributed by atoms with E-state index in [0.717, 1.165) is 18.4 Å². The van der Waals surface area contributed by atoms with Crippen molar-refractivity contribution in [3.8, 4) is 11.4 Å². The van der Waals surface area contributed by atoms with E-state index in [9.17, 15) is 14.0 Å². The quantitative estimate of drug-likeness (QED) is 0.797. The number of H-pyrrole nitrogens is 1. The Morgan fingerprint density at radius 1 is 1.43 bits per heavy atom. The van der Waals surface area contributed by atoms with Crippen LogP contribution in [0.4, 0.5) is 4.39 Å². The fraction of sp³-hybridized carbons (Fsp3) is 0.500. The van der Waals surface area contributed by atoms with Gasteiger partial charge in [0, 0.05) is 29.6 Å². The van der Waals surface area contributed by atoms with Crippen LogP contribution in [0.3, 0.4) is 0 Å². The first-order chi connectivity index (χ1) is 13.6. The number of aromatic amines is 1. The average Bonchev–Trinajstić information content (AvgIpc) is 3.10. The van der Waals surface area contributed by atoms with Crippen molar-refractivity contribution in [1.29, 1.82) is 0 Å². The minimum atomic E-state index is -0.428. The van der Waals surface area contributed by atoms with Crippen molar-refractivity contribution < 1.29 is 14.0 Å². The van der Waals surface area contributed by atoms with Gasteiger partial charge in [0.05, 0.1) is 12.7 Å². The highest BCUT2D eigenvalue weighted by atomic mass is 19.1. The van der Waals surface area contributed by atoms with Crippen LogP contribution in [0.25, 0.3) is 11.4 Å². The largest absolute Gasteiger partial charge is 0.348 e. The van der Waals surface area contributed by atoms with Crippen molar-refractivity contribution in [2.45, 2.75) is 38.3 Å². The maximum absolute atomic E-state index is 12.8. The Bertz CT molecular complexity index is 856. The fourth-order valence-electron chi connectivity index (χ4n) is 4.06. The molecule has 1 aromatic heterocycles. The lowest BCUT2D eigenvalue weighted by Crippen LogP contribution is -2.49. The molecular weight excluding hydrogens is 361 g/mol. The van der Waals surface area contributed by atoms with Crippen LogP contribution in [0.5, 0.6) is 0 Å². The Balaban J connectivity index is 1.41. The first kappa shape index (κ1) is 18.6. The molecule has 2 aromatic rings. The summed E-state index contributed by atoms with van der Waals surface area (Å²) in [6.07, 6.45) is 3.82. The zero-order valence-electron chi connectivity index (χ0n) is 15.8. The number of aromatic nitrogens is 3. The summed E-state index contributed by atoms with van der Waals surface area (Å²) in [6.45, 7) is 2.18. The Labute approximate surface area is 162 Å². The molecule has 0 spiro atoms. The van der Waals surface area contributed by atoms with Gasteiger partial charge in [0.15, 0.2) is 5.82 Å². The molecule has 2 heterocycles. The summed E-state index contributed by atoms with van der Waals surface area (Å²) in [7, 11) is 0. The van der Waals surface area contributed by atoms with E-state index in [-0.39, 0.29) is 35.7 Å². The van der Waals surface area contributed by atoms with Gasteiger partial charge in [0.1, 0.15) is 6.33 Å². The summed E-state index contributed by atoms with van der Waals surface area (Å²) in [4.78, 5) is 31.3. The van der Waals surface area contributed by atoms with Crippen LogP contribution in [0.1, 0.15) is 36.5 Å². The molecular formula is C20H24FN5O2. The second-order valence-corrected chi connectivity index (χ2v) is 7.67. The van der Waals surface area contributed by atoms with Gasteiger partial charge in [-0.25, -0.2) is 4.98 Å². The molecule has 1 aliphatic carbocycles. The lowest BCUT2D eigenvalue weighted by molar-refractivity contribution is -0.134. The normalized spacial score (nSPS) is 24.8. The van der Waals surface area contributed by atoms with Crippen molar-refractivity contribution >= 4 is 11.8 Å². The fourth-order valence-corrected chi connectivity index (χ4v) is 4.06. The van der Waals surface area contributed by atoms with Crippen LogP contribution in [0, 0.1) is 11.8 Å². The summed E-state index contributed by atoms with van der Waals surface area (Å²) < 4.78 is 12.8. The molecule has 0 bridgehead atoms. The third-order valence-corrected chi connectivity index (χ3v) is 5.77. The Hall–Kier alpha value is -2.77. The van der Waals surface area contributed by atoms with Gasteiger partial charge in [0.2, 0.25) is 5.91 Å². The van der Waals surface area contributed by atoms with Gasteiger partial charge >= 0.3 is 0 Å². The first-order valence-electron chi connectivity index (χ1n) is 9.71. The van der Waals surface area contributed by atoms with E-state index >= 15 is 0 Å². The molecule has 2 amide bonds. The third kappa shape index (κ3) is 3.63. The topological polar surface area (TPSA) is 91.0 Å². The highest BCUT2D eigenvalue weighted by Crippen LogP contribution is 2.41. The third-order valence-electron chi connectivity index (χ3n) is 5.77. The average molecular weight is 385 g/mol. The highest BCUT2D eigenvalue weighted by molar-refractivity contribution is 5.95. The van der Waals surface area contributed by atoms with Crippen molar-refractivity contribution in [2.75, 3.05) is 13.2 Å². The molecule has 148 valence electrons. The molecule has 1 saturated heterocycles. The van der Waals surface area contributed by atoms with Gasteiger partial charge in [-0.05, 0) is 44.2 Å². The van der Waals surface area contributed by atoms with Crippen LogP contribution in [-0.2, 0) is 4.79 Å². The van der Waals surface area contributed by atoms with Crippen LogP contribution in [0.15, 0.2) is 30.6 Å². The van der Waals surface area contributed by atoms with E-state index in [1.165, 1.54) is 6.33 Å². The molecule has 1 aliphatic heterocycles. The molecule has 7 nitrogen and oxygen atoms in total. The van der Waals surface area contributed by atoms with Gasteiger partial charge in [-0.3, -0.25) is 19.1 Å². The van der Waals surface area contributed by atoms with Crippen LogP contribution in [0.2, 0.25) is 0 Å². The van der Waals surface area contributed by atoms with E-state index in [0.29, 0.717) is 24.4 Å². The van der Waals surface area contributed by atoms with Gasteiger partial charge < -0.3 is 10.2 Å². The van der Waals surface area contributed by atoms with E-state index < -0.39 is 6.67 Å². The summed E-state index contributed by atoms with van der Waals surface area (Å²) >= 11 is 0. The maximum Gasteiger partial charge on any atom is 0.251 e. The van der Waals surface area contributed by atoms with Gasteiger partial charge in [0.25, 0.3) is 5.91 Å². The standard InChI is InChI=1S/C20H24FN5O2/c1-12(17-6-3-7-26(17)20(28)16-9-15(16)10-21)24-19(27)14-5-2-4-13(8-14)18-22-11-23-25-18/h2,4-5,8,11-12,15-17H,3,6-7,9-10H2,1H3,(H,24,27)(H,22,23,25)/t12?,15-,16+,17+/m0/s1. The van der Waals surface area contributed by atoms with Crippen molar-refractivity contribution in [3.05, 3.63) is 36.2 Å². The minimum Gasteiger partial charge on any atom is -0.348 e. The minimum absolute atomic E-state index is 0.0403. The highest BCUT2D eigenvalue weighted by Gasteiger charge is 2.47. The zero-order valence-corrected chi connectivity index (χ0v) is 15.8. The number of carbonyl (C=O) groups excluding carboxylic acids is 2. The number of amides is 2. The number of likely N-dealkylation sites (tertiary alicyclic amines) is 1. The molecule has 28 heavy (non-hydrogen) atoms. The molecule has 1 aromatic carbocycles. The lowest BCUT2D eigenvalue weighted by atomic mass is 10.1. The van der Waals surface area contributed by atoms with Crippen LogP contribution < -0.4 is 5.32 Å². The monoisotopic (exact) mass is 385 g/mol. The van der Waals surface area contributed by atoms with E-state index in [1.807, 2.05) is 17.9 Å². The number of hydrogen-bond donors (Lipinski definition) is 2. The van der Waals surface area contributed by atoms with Crippen molar-refractivity contribution in [2.24, 2.45) is 11.8 Å². The summed E-state index contributed by atoms with van der Waals surface area (Å²) in [5.74, 6) is 0.159. The van der Waals surface area contributed by atoms with Gasteiger partial charge in [-0.15, -0.1) is 0 Å². The number of benzene rings is 1. The Morgan fingerprint density at radius 2 is 2.29 bits per heavy atom. The Kier molecular flexibility index (Phi) is 5.11. The molecule has 1 unspecified atom stereocenters. The molecule has 4 atom stereocenters. The SMILES string of the molecule is CC(NC(=O)c1cccc(-c2ncn[nH]2)c1)[C@H]1CCCN1C(=O)[C@@H]1C[C@H]1CF. The number of carbonyl (C=O) groups is 2. The van der Waals surface area contributed by atoms with Crippen LogP contribution in [-0.4, -0.2) is 57.2 Å². The van der Waals surface area contributed by atoms with E-state index in [2.05, 4.69) is 20.5 Å². The predicted molar refractivity (Wildman–Crippen MR) is 101 cm³/mol. The molecule has 2 N–H and O–H groups in total. The molecule has 4 rings (SSSR count). The molecule has 0 radical (unpaired) electrons. The predicted octanol–water partition coefficient (Wildman–Crippen LogP) is 2.19. The maximum atomic E-state index is 12.8. The second-order valence-electron chi connectivity index (χ2n) is 7.67. The summed E-state index contributed by atoms with van der Waals surface area (Å²) in [5.41, 5.74) is 1.30. The van der Waals surface area contributed by atoms with Crippen LogP contribution >= 0.6 is 0 Å². The number of halogens is 1. The molecule has 1 saturated carbocycles. The number of nitrogens with zero attached hydrogens (tertiary/aromatic N) is 3. The zero-order chi connectivity index (χ0) is 19.7.